The van der Waals surface area contributed by atoms with Gasteiger partial charge in [-0.1, -0.05) is 48.0 Å². The Morgan fingerprint density at radius 3 is 2.07 bits per heavy atom. The molecule has 1 N–H and O–H groups in total. The van der Waals surface area contributed by atoms with Crippen molar-refractivity contribution < 1.29 is 4.79 Å². The molecule has 0 aromatic rings. The highest BCUT2D eigenvalue weighted by molar-refractivity contribution is 5.77. The number of amides is 1. The topological polar surface area (TPSA) is 29.1 Å². The van der Waals surface area contributed by atoms with Gasteiger partial charge >= 0.3 is 0 Å². The van der Waals surface area contributed by atoms with Gasteiger partial charge in [-0.25, -0.2) is 0 Å². The zero-order chi connectivity index (χ0) is 11.4. The standard InChI is InChI=1S/C12H25NO/c1-7-10(12(4,5)6)8-13-11(14)9(2)3/h9-10H,7-8H2,1-6H3,(H,13,14). The smallest absolute Gasteiger partial charge is 0.222 e. The van der Waals surface area contributed by atoms with Crippen LogP contribution in [0.25, 0.3) is 0 Å². The van der Waals surface area contributed by atoms with E-state index < -0.39 is 0 Å². The molecule has 2 heteroatoms. The van der Waals surface area contributed by atoms with Crippen molar-refractivity contribution in [1.82, 2.24) is 5.32 Å². The lowest BCUT2D eigenvalue weighted by Gasteiger charge is -2.30. The second-order valence-electron chi connectivity index (χ2n) is 5.37. The first kappa shape index (κ1) is 13.5. The molecule has 14 heavy (non-hydrogen) atoms. The van der Waals surface area contributed by atoms with Gasteiger partial charge in [0.2, 0.25) is 5.91 Å². The first-order chi connectivity index (χ1) is 6.29. The fraction of sp³-hybridized carbons (Fsp3) is 0.917. The van der Waals surface area contributed by atoms with Crippen LogP contribution in [0.4, 0.5) is 0 Å². The molecule has 0 bridgehead atoms. The summed E-state index contributed by atoms with van der Waals surface area (Å²) in [6.45, 7) is 13.5. The fourth-order valence-electron chi connectivity index (χ4n) is 1.49. The average molecular weight is 199 g/mol. The van der Waals surface area contributed by atoms with Crippen LogP contribution < -0.4 is 5.32 Å². The Morgan fingerprint density at radius 2 is 1.79 bits per heavy atom. The molecular weight excluding hydrogens is 174 g/mol. The van der Waals surface area contributed by atoms with Gasteiger partial charge in [0.15, 0.2) is 0 Å². The summed E-state index contributed by atoms with van der Waals surface area (Å²) < 4.78 is 0. The molecule has 0 aromatic carbocycles. The summed E-state index contributed by atoms with van der Waals surface area (Å²) in [5, 5.41) is 3.00. The van der Waals surface area contributed by atoms with E-state index in [1.807, 2.05) is 13.8 Å². The molecule has 0 saturated heterocycles. The third kappa shape index (κ3) is 4.64. The molecule has 1 unspecified atom stereocenters. The van der Waals surface area contributed by atoms with E-state index in [0.29, 0.717) is 5.92 Å². The number of hydrogen-bond acceptors (Lipinski definition) is 1. The van der Waals surface area contributed by atoms with E-state index >= 15 is 0 Å². The maximum Gasteiger partial charge on any atom is 0.222 e. The highest BCUT2D eigenvalue weighted by Crippen LogP contribution is 2.27. The molecule has 0 radical (unpaired) electrons. The van der Waals surface area contributed by atoms with Gasteiger partial charge in [-0.3, -0.25) is 4.79 Å². The number of hydrogen-bond donors (Lipinski definition) is 1. The molecule has 0 saturated carbocycles. The van der Waals surface area contributed by atoms with Gasteiger partial charge in [0.05, 0.1) is 0 Å². The summed E-state index contributed by atoms with van der Waals surface area (Å²) in [7, 11) is 0. The number of rotatable bonds is 4. The molecule has 0 aliphatic heterocycles. The van der Waals surface area contributed by atoms with Gasteiger partial charge < -0.3 is 5.32 Å². The molecular formula is C12H25NO. The predicted octanol–water partition coefficient (Wildman–Crippen LogP) is 2.83. The van der Waals surface area contributed by atoms with E-state index in [4.69, 9.17) is 0 Å². The minimum Gasteiger partial charge on any atom is -0.356 e. The van der Waals surface area contributed by atoms with Crippen molar-refractivity contribution in [1.29, 1.82) is 0 Å². The minimum atomic E-state index is 0.0903. The molecule has 84 valence electrons. The second-order valence-corrected chi connectivity index (χ2v) is 5.37. The van der Waals surface area contributed by atoms with Crippen LogP contribution in [-0.4, -0.2) is 12.5 Å². The second kappa shape index (κ2) is 5.38. The van der Waals surface area contributed by atoms with E-state index in [9.17, 15) is 4.79 Å². The molecule has 0 aliphatic carbocycles. The summed E-state index contributed by atoms with van der Waals surface area (Å²) in [6.07, 6.45) is 1.11. The lowest BCUT2D eigenvalue weighted by Crippen LogP contribution is -2.36. The predicted molar refractivity (Wildman–Crippen MR) is 61.1 cm³/mol. The molecule has 1 amide bonds. The van der Waals surface area contributed by atoms with Gasteiger partial charge in [0, 0.05) is 12.5 Å². The molecule has 2 nitrogen and oxygen atoms in total. The number of nitrogens with one attached hydrogen (secondary N) is 1. The molecule has 0 spiro atoms. The highest BCUT2D eigenvalue weighted by Gasteiger charge is 2.23. The Morgan fingerprint density at radius 1 is 1.29 bits per heavy atom. The van der Waals surface area contributed by atoms with Gasteiger partial charge in [-0.15, -0.1) is 0 Å². The van der Waals surface area contributed by atoms with Crippen LogP contribution >= 0.6 is 0 Å². The normalized spacial score (nSPS) is 14.2. The summed E-state index contributed by atoms with van der Waals surface area (Å²) in [5.74, 6) is 0.811. The van der Waals surface area contributed by atoms with E-state index in [2.05, 4.69) is 33.0 Å². The maximum absolute atomic E-state index is 11.4. The van der Waals surface area contributed by atoms with Crippen molar-refractivity contribution in [2.75, 3.05) is 6.54 Å². The molecule has 0 aromatic heterocycles. The Bertz CT molecular complexity index is 179. The first-order valence-corrected chi connectivity index (χ1v) is 5.56. The summed E-state index contributed by atoms with van der Waals surface area (Å²) >= 11 is 0. The van der Waals surface area contributed by atoms with E-state index in [1.165, 1.54) is 0 Å². The molecule has 1 atom stereocenters. The third-order valence-electron chi connectivity index (χ3n) is 2.76. The average Bonchev–Trinajstić information content (AvgIpc) is 2.02. The van der Waals surface area contributed by atoms with Crippen molar-refractivity contribution in [3.05, 3.63) is 0 Å². The molecule has 0 fully saturated rings. The van der Waals surface area contributed by atoms with Crippen molar-refractivity contribution in [2.45, 2.75) is 48.0 Å². The number of carbonyl (C=O) groups is 1. The molecule has 0 heterocycles. The minimum absolute atomic E-state index is 0.0903. The summed E-state index contributed by atoms with van der Waals surface area (Å²) in [5.41, 5.74) is 0.277. The van der Waals surface area contributed by atoms with Crippen LogP contribution in [-0.2, 0) is 4.79 Å². The van der Waals surface area contributed by atoms with Crippen LogP contribution in [0.15, 0.2) is 0 Å². The van der Waals surface area contributed by atoms with Crippen LogP contribution in [0.2, 0.25) is 0 Å². The van der Waals surface area contributed by atoms with Gasteiger partial charge in [0.25, 0.3) is 0 Å². The van der Waals surface area contributed by atoms with Gasteiger partial charge in [-0.2, -0.15) is 0 Å². The SMILES string of the molecule is CCC(CNC(=O)C(C)C)C(C)(C)C. The quantitative estimate of drug-likeness (QED) is 0.741. The Balaban J connectivity index is 4.04. The fourth-order valence-corrected chi connectivity index (χ4v) is 1.49. The largest absolute Gasteiger partial charge is 0.356 e. The Kier molecular flexibility index (Phi) is 5.17. The third-order valence-corrected chi connectivity index (χ3v) is 2.76. The van der Waals surface area contributed by atoms with Crippen molar-refractivity contribution in [2.24, 2.45) is 17.3 Å². The Labute approximate surface area is 88.5 Å². The summed E-state index contributed by atoms with van der Waals surface area (Å²) in [4.78, 5) is 11.4. The van der Waals surface area contributed by atoms with E-state index in [0.717, 1.165) is 13.0 Å². The maximum atomic E-state index is 11.4. The monoisotopic (exact) mass is 199 g/mol. The zero-order valence-corrected chi connectivity index (χ0v) is 10.5. The van der Waals surface area contributed by atoms with Crippen molar-refractivity contribution in [3.8, 4) is 0 Å². The van der Waals surface area contributed by atoms with Crippen LogP contribution in [0.3, 0.4) is 0 Å². The van der Waals surface area contributed by atoms with Crippen LogP contribution in [0.1, 0.15) is 48.0 Å². The molecule has 0 aliphatic rings. The lowest BCUT2D eigenvalue weighted by molar-refractivity contribution is -0.124. The summed E-state index contributed by atoms with van der Waals surface area (Å²) in [6, 6.07) is 0. The molecule has 0 rings (SSSR count). The zero-order valence-electron chi connectivity index (χ0n) is 10.5. The van der Waals surface area contributed by atoms with E-state index in [-0.39, 0.29) is 17.2 Å². The highest BCUT2D eigenvalue weighted by atomic mass is 16.1. The van der Waals surface area contributed by atoms with Gasteiger partial charge in [-0.05, 0) is 11.3 Å². The van der Waals surface area contributed by atoms with Crippen LogP contribution in [0, 0.1) is 17.3 Å². The first-order valence-electron chi connectivity index (χ1n) is 5.56. The van der Waals surface area contributed by atoms with Crippen LogP contribution in [0.5, 0.6) is 0 Å². The Hall–Kier alpha value is -0.530. The lowest BCUT2D eigenvalue weighted by atomic mass is 9.79. The number of carbonyl (C=O) groups excluding carboxylic acids is 1. The van der Waals surface area contributed by atoms with Gasteiger partial charge in [0.1, 0.15) is 0 Å². The van der Waals surface area contributed by atoms with E-state index in [1.54, 1.807) is 0 Å². The van der Waals surface area contributed by atoms with Crippen molar-refractivity contribution >= 4 is 5.91 Å². The van der Waals surface area contributed by atoms with Crippen molar-refractivity contribution in [3.63, 3.8) is 0 Å².